The Kier molecular flexibility index (Phi) is 8.31. The van der Waals surface area contributed by atoms with Gasteiger partial charge in [0.15, 0.2) is 12.2 Å². The molecule has 0 saturated heterocycles. The fourth-order valence-electron chi connectivity index (χ4n) is 4.74. The molecule has 190 valence electrons. The fraction of sp³-hybridized carbons (Fsp3) is 0.480. The van der Waals surface area contributed by atoms with Crippen molar-refractivity contribution in [2.45, 2.75) is 57.4 Å². The Morgan fingerprint density at radius 3 is 2.43 bits per heavy atom. The van der Waals surface area contributed by atoms with Gasteiger partial charge in [-0.15, -0.1) is 0 Å². The molecular weight excluding hydrogens is 454 g/mol. The molecule has 1 amide bonds. The first-order valence-corrected chi connectivity index (χ1v) is 11.7. The van der Waals surface area contributed by atoms with Crippen LogP contribution in [0, 0.1) is 5.92 Å². The molecule has 1 aromatic heterocycles. The van der Waals surface area contributed by atoms with E-state index in [1.54, 1.807) is 0 Å². The smallest absolute Gasteiger partial charge is 0.335 e. The monoisotopic (exact) mass is 487 g/mol. The standard InChI is InChI=1S/C21H27N3O.C4H6O6/c1-4-6-13(2)23-21(25)15-9-17-16-7-5-8-18-20(16)14(11-22-18)10-19(17)24(3)12-15;5-1(3(7)8)2(6)4(9)10/h5,7-9,11,13,15,19,22H,4,6,10,12H2,1-3H3,(H,23,25);1-2,5-6H,(H,7,8)(H,9,10). The average molecular weight is 488 g/mol. The summed E-state index contributed by atoms with van der Waals surface area (Å²) < 4.78 is 0. The maximum Gasteiger partial charge on any atom is 0.335 e. The molecule has 1 aliphatic carbocycles. The number of aliphatic carboxylic acids is 2. The summed E-state index contributed by atoms with van der Waals surface area (Å²) in [5.74, 6) is -3.46. The van der Waals surface area contributed by atoms with Gasteiger partial charge >= 0.3 is 11.9 Å². The third-order valence-electron chi connectivity index (χ3n) is 6.52. The van der Waals surface area contributed by atoms with Gasteiger partial charge in [0.2, 0.25) is 5.91 Å². The Labute approximate surface area is 203 Å². The fourth-order valence-corrected chi connectivity index (χ4v) is 4.74. The number of aromatic amines is 1. The van der Waals surface area contributed by atoms with Crippen molar-refractivity contribution in [2.75, 3.05) is 13.6 Å². The molecule has 0 bridgehead atoms. The number of nitrogens with zero attached hydrogens (tertiary/aromatic N) is 1. The number of rotatable bonds is 7. The number of benzene rings is 1. The second-order valence-electron chi connectivity index (χ2n) is 9.19. The van der Waals surface area contributed by atoms with Gasteiger partial charge in [-0.2, -0.15) is 0 Å². The lowest BCUT2D eigenvalue weighted by Crippen LogP contribution is -2.47. The number of amides is 1. The van der Waals surface area contributed by atoms with Gasteiger partial charge in [-0.05, 0) is 49.6 Å². The molecule has 0 saturated carbocycles. The number of fused-ring (bicyclic) bond motifs is 2. The quantitative estimate of drug-likeness (QED) is 0.339. The van der Waals surface area contributed by atoms with Gasteiger partial charge in [0.1, 0.15) is 0 Å². The topological polar surface area (TPSA) is 163 Å². The number of aromatic nitrogens is 1. The molecule has 2 aromatic rings. The zero-order valence-electron chi connectivity index (χ0n) is 20.1. The molecule has 2 heterocycles. The number of hydrogen-bond acceptors (Lipinski definition) is 6. The number of likely N-dealkylation sites (N-methyl/N-ethyl adjacent to an activating group) is 1. The molecular formula is C25H33N3O7. The summed E-state index contributed by atoms with van der Waals surface area (Å²) >= 11 is 0. The van der Waals surface area contributed by atoms with E-state index in [4.69, 9.17) is 20.4 Å². The Hall–Kier alpha value is -3.21. The van der Waals surface area contributed by atoms with E-state index in [2.05, 4.69) is 66.6 Å². The van der Waals surface area contributed by atoms with Crippen LogP contribution in [0.3, 0.4) is 0 Å². The van der Waals surface area contributed by atoms with Crippen molar-refractivity contribution in [3.63, 3.8) is 0 Å². The van der Waals surface area contributed by atoms with E-state index < -0.39 is 24.1 Å². The van der Waals surface area contributed by atoms with Gasteiger partial charge < -0.3 is 30.7 Å². The molecule has 1 aliphatic heterocycles. The number of carboxylic acids is 2. The molecule has 10 nitrogen and oxygen atoms in total. The highest BCUT2D eigenvalue weighted by molar-refractivity contribution is 5.99. The average Bonchev–Trinajstić information content (AvgIpc) is 3.23. The van der Waals surface area contributed by atoms with Crippen molar-refractivity contribution in [2.24, 2.45) is 5.92 Å². The number of carbonyl (C=O) groups is 3. The first kappa shape index (κ1) is 26.4. The Morgan fingerprint density at radius 2 is 1.83 bits per heavy atom. The minimum Gasteiger partial charge on any atom is -0.479 e. The Morgan fingerprint density at radius 1 is 1.17 bits per heavy atom. The minimum atomic E-state index is -2.27. The van der Waals surface area contributed by atoms with Gasteiger partial charge in [-0.1, -0.05) is 31.6 Å². The van der Waals surface area contributed by atoms with Crippen LogP contribution < -0.4 is 5.32 Å². The number of aliphatic hydroxyl groups is 2. The molecule has 0 fully saturated rings. The SMILES string of the molecule is CCCC(C)NC(=O)C1C=C2c3cccc4[nH]cc(c34)CC2N(C)C1.O=C(O)C(O)C(O)C(=O)O. The van der Waals surface area contributed by atoms with Gasteiger partial charge in [-0.25, -0.2) is 9.59 Å². The summed E-state index contributed by atoms with van der Waals surface area (Å²) in [5.41, 5.74) is 5.18. The minimum absolute atomic E-state index is 0.0775. The summed E-state index contributed by atoms with van der Waals surface area (Å²) in [6.45, 7) is 5.03. The van der Waals surface area contributed by atoms with Gasteiger partial charge in [-0.3, -0.25) is 9.69 Å². The van der Waals surface area contributed by atoms with Crippen LogP contribution in [0.4, 0.5) is 0 Å². The number of H-pyrrole nitrogens is 1. The highest BCUT2D eigenvalue weighted by atomic mass is 16.4. The molecule has 5 atom stereocenters. The van der Waals surface area contributed by atoms with E-state index in [0.717, 1.165) is 25.8 Å². The highest BCUT2D eigenvalue weighted by Gasteiger charge is 2.35. The lowest BCUT2D eigenvalue weighted by Gasteiger charge is -2.39. The van der Waals surface area contributed by atoms with Crippen molar-refractivity contribution in [1.82, 2.24) is 15.2 Å². The summed E-state index contributed by atoms with van der Waals surface area (Å²) in [5, 5.41) is 37.0. The first-order valence-electron chi connectivity index (χ1n) is 11.7. The van der Waals surface area contributed by atoms with E-state index in [1.807, 2.05) is 0 Å². The van der Waals surface area contributed by atoms with E-state index in [-0.39, 0.29) is 17.9 Å². The van der Waals surface area contributed by atoms with Crippen LogP contribution in [0.25, 0.3) is 16.5 Å². The summed E-state index contributed by atoms with van der Waals surface area (Å²) in [6.07, 6.45) is 2.97. The van der Waals surface area contributed by atoms with Crippen LogP contribution >= 0.6 is 0 Å². The first-order chi connectivity index (χ1) is 16.5. The summed E-state index contributed by atoms with van der Waals surface area (Å²) in [4.78, 5) is 38.0. The largest absolute Gasteiger partial charge is 0.479 e. The molecule has 2 aliphatic rings. The highest BCUT2D eigenvalue weighted by Crippen LogP contribution is 2.40. The number of hydrogen-bond donors (Lipinski definition) is 6. The molecule has 6 N–H and O–H groups in total. The Bertz CT molecular complexity index is 1110. The van der Waals surface area contributed by atoms with Gasteiger partial charge in [0, 0.05) is 35.7 Å². The van der Waals surface area contributed by atoms with Crippen LogP contribution in [0.15, 0.2) is 30.5 Å². The molecule has 0 spiro atoms. The number of carboxylic acid groups (broad SMARTS) is 2. The molecule has 35 heavy (non-hydrogen) atoms. The molecule has 4 rings (SSSR count). The van der Waals surface area contributed by atoms with Crippen LogP contribution in [-0.4, -0.2) is 86.0 Å². The van der Waals surface area contributed by atoms with E-state index in [9.17, 15) is 14.4 Å². The zero-order valence-corrected chi connectivity index (χ0v) is 20.1. The third-order valence-corrected chi connectivity index (χ3v) is 6.52. The lowest BCUT2D eigenvalue weighted by molar-refractivity contribution is -0.165. The van der Waals surface area contributed by atoms with Gasteiger partial charge in [0.25, 0.3) is 0 Å². The number of aliphatic hydroxyl groups excluding tert-OH is 2. The maximum atomic E-state index is 12.8. The van der Waals surface area contributed by atoms with E-state index in [0.29, 0.717) is 6.04 Å². The predicted molar refractivity (Wildman–Crippen MR) is 130 cm³/mol. The molecule has 1 aromatic carbocycles. The molecule has 10 heteroatoms. The van der Waals surface area contributed by atoms with E-state index in [1.165, 1.54) is 27.6 Å². The van der Waals surface area contributed by atoms with E-state index >= 15 is 0 Å². The molecule has 5 unspecified atom stereocenters. The number of carbonyl (C=O) groups excluding carboxylic acids is 1. The summed E-state index contributed by atoms with van der Waals surface area (Å²) in [7, 11) is 2.14. The van der Waals surface area contributed by atoms with Crippen molar-refractivity contribution in [3.8, 4) is 0 Å². The third kappa shape index (κ3) is 5.72. The van der Waals surface area contributed by atoms with Crippen molar-refractivity contribution < 1.29 is 34.8 Å². The molecule has 0 radical (unpaired) electrons. The zero-order chi connectivity index (χ0) is 25.9. The lowest BCUT2D eigenvalue weighted by atomic mass is 9.80. The normalized spacial score (nSPS) is 21.6. The van der Waals surface area contributed by atoms with Crippen LogP contribution in [0.1, 0.15) is 37.8 Å². The van der Waals surface area contributed by atoms with Crippen molar-refractivity contribution >= 4 is 34.3 Å². The van der Waals surface area contributed by atoms with Gasteiger partial charge in [0.05, 0.1) is 5.92 Å². The summed E-state index contributed by atoms with van der Waals surface area (Å²) in [6, 6.07) is 7.04. The van der Waals surface area contributed by atoms with Crippen molar-refractivity contribution in [3.05, 3.63) is 41.6 Å². The van der Waals surface area contributed by atoms with Crippen LogP contribution in [0.5, 0.6) is 0 Å². The number of nitrogens with one attached hydrogen (secondary N) is 2. The Balaban J connectivity index is 0.000000292. The van der Waals surface area contributed by atoms with Crippen LogP contribution in [-0.2, 0) is 20.8 Å². The predicted octanol–water partition coefficient (Wildman–Crippen LogP) is 1.22. The second-order valence-corrected chi connectivity index (χ2v) is 9.19. The van der Waals surface area contributed by atoms with Crippen LogP contribution in [0.2, 0.25) is 0 Å². The second kappa shape index (κ2) is 11.0. The maximum absolute atomic E-state index is 12.8. The van der Waals surface area contributed by atoms with Crippen molar-refractivity contribution in [1.29, 1.82) is 0 Å².